The van der Waals surface area contributed by atoms with E-state index in [4.69, 9.17) is 4.74 Å². The number of hydrogen-bond donors (Lipinski definition) is 0. The highest BCUT2D eigenvalue weighted by Crippen LogP contribution is 2.25. The van der Waals surface area contributed by atoms with Gasteiger partial charge in [0, 0.05) is 18.0 Å². The minimum Gasteiger partial charge on any atom is -0.466 e. The number of piperidine rings is 1. The molecule has 0 aromatic carbocycles. The molecular formula is C15H21NO3S. The fourth-order valence-corrected chi connectivity index (χ4v) is 3.45. The third-order valence-corrected chi connectivity index (χ3v) is 4.85. The summed E-state index contributed by atoms with van der Waals surface area (Å²) in [4.78, 5) is 28.0. The van der Waals surface area contributed by atoms with Gasteiger partial charge in [-0.1, -0.05) is 0 Å². The van der Waals surface area contributed by atoms with Crippen molar-refractivity contribution in [1.82, 2.24) is 4.90 Å². The molecule has 2 rings (SSSR count). The largest absolute Gasteiger partial charge is 0.466 e. The van der Waals surface area contributed by atoms with Crippen molar-refractivity contribution in [3.05, 3.63) is 21.4 Å². The summed E-state index contributed by atoms with van der Waals surface area (Å²) in [5.41, 5.74) is 1.15. The molecule has 1 amide bonds. The topological polar surface area (TPSA) is 46.6 Å². The Labute approximate surface area is 123 Å². The van der Waals surface area contributed by atoms with Crippen LogP contribution in [0.5, 0.6) is 0 Å². The van der Waals surface area contributed by atoms with Crippen molar-refractivity contribution in [3.8, 4) is 0 Å². The number of nitrogens with zero attached hydrogens (tertiary/aromatic N) is 1. The molecule has 1 aromatic rings. The van der Waals surface area contributed by atoms with E-state index >= 15 is 0 Å². The van der Waals surface area contributed by atoms with E-state index in [-0.39, 0.29) is 17.8 Å². The lowest BCUT2D eigenvalue weighted by Gasteiger charge is -2.31. The van der Waals surface area contributed by atoms with Crippen molar-refractivity contribution in [2.45, 2.75) is 33.6 Å². The third-order valence-electron chi connectivity index (χ3n) is 3.71. The Morgan fingerprint density at radius 1 is 1.45 bits per heavy atom. The second-order valence-corrected chi connectivity index (χ2v) is 6.45. The molecule has 0 N–H and O–H groups in total. The van der Waals surface area contributed by atoms with Crippen LogP contribution in [0, 0.1) is 19.8 Å². The number of likely N-dealkylation sites (tertiary alicyclic amines) is 1. The van der Waals surface area contributed by atoms with Gasteiger partial charge in [-0.15, -0.1) is 11.3 Å². The molecule has 1 saturated heterocycles. The zero-order valence-corrected chi connectivity index (χ0v) is 13.1. The minimum absolute atomic E-state index is 0.0419. The highest BCUT2D eigenvalue weighted by atomic mass is 32.1. The second kappa shape index (κ2) is 6.39. The summed E-state index contributed by atoms with van der Waals surface area (Å²) in [6.45, 7) is 7.44. The molecule has 1 aromatic heterocycles. The van der Waals surface area contributed by atoms with Gasteiger partial charge in [0.15, 0.2) is 0 Å². The van der Waals surface area contributed by atoms with Crippen LogP contribution in [-0.4, -0.2) is 36.5 Å². The lowest BCUT2D eigenvalue weighted by atomic mass is 9.98. The monoisotopic (exact) mass is 295 g/mol. The normalized spacial score (nSPS) is 18.9. The second-order valence-electron chi connectivity index (χ2n) is 5.19. The van der Waals surface area contributed by atoms with Gasteiger partial charge in [0.05, 0.1) is 17.4 Å². The molecule has 0 bridgehead atoms. The molecule has 0 saturated carbocycles. The minimum atomic E-state index is -0.177. The number of ether oxygens (including phenoxy) is 1. The van der Waals surface area contributed by atoms with Crippen LogP contribution in [0.15, 0.2) is 6.07 Å². The summed E-state index contributed by atoms with van der Waals surface area (Å²) in [5.74, 6) is -0.307. The first-order chi connectivity index (χ1) is 9.52. The van der Waals surface area contributed by atoms with Crippen LogP contribution in [-0.2, 0) is 9.53 Å². The molecule has 1 aliphatic rings. The molecule has 0 radical (unpaired) electrons. The number of rotatable bonds is 3. The summed E-state index contributed by atoms with van der Waals surface area (Å²) in [6.07, 6.45) is 1.67. The van der Waals surface area contributed by atoms with Crippen LogP contribution < -0.4 is 0 Å². The fraction of sp³-hybridized carbons (Fsp3) is 0.600. The van der Waals surface area contributed by atoms with Gasteiger partial charge in [0.25, 0.3) is 5.91 Å². The highest BCUT2D eigenvalue weighted by molar-refractivity contribution is 7.14. The highest BCUT2D eigenvalue weighted by Gasteiger charge is 2.30. The van der Waals surface area contributed by atoms with Gasteiger partial charge in [-0.05, 0) is 45.2 Å². The number of thiophene rings is 1. The van der Waals surface area contributed by atoms with E-state index in [1.165, 1.54) is 16.2 Å². The Kier molecular flexibility index (Phi) is 4.81. The van der Waals surface area contributed by atoms with Gasteiger partial charge in [0.2, 0.25) is 0 Å². The molecule has 0 unspecified atom stereocenters. The van der Waals surface area contributed by atoms with Crippen molar-refractivity contribution in [3.63, 3.8) is 0 Å². The molecule has 0 spiro atoms. The molecule has 0 aliphatic carbocycles. The molecule has 20 heavy (non-hydrogen) atoms. The first-order valence-corrected chi connectivity index (χ1v) is 7.87. The summed E-state index contributed by atoms with van der Waals surface area (Å²) in [5, 5.41) is 0. The molecule has 5 heteroatoms. The standard InChI is InChI=1S/C15H21NO3S/c1-4-19-15(18)12-6-5-7-16(9-12)14(17)13-8-10(2)11(3)20-13/h8,12H,4-7,9H2,1-3H3/t12-/m0/s1. The van der Waals surface area contributed by atoms with Crippen molar-refractivity contribution >= 4 is 23.2 Å². The maximum absolute atomic E-state index is 12.5. The lowest BCUT2D eigenvalue weighted by Crippen LogP contribution is -2.42. The maximum atomic E-state index is 12.5. The smallest absolute Gasteiger partial charge is 0.310 e. The van der Waals surface area contributed by atoms with Crippen molar-refractivity contribution in [2.24, 2.45) is 5.92 Å². The zero-order chi connectivity index (χ0) is 14.7. The predicted octanol–water partition coefficient (Wildman–Crippen LogP) is 2.78. The van der Waals surface area contributed by atoms with E-state index in [1.54, 1.807) is 11.8 Å². The van der Waals surface area contributed by atoms with E-state index in [0.29, 0.717) is 13.2 Å². The number of hydrogen-bond acceptors (Lipinski definition) is 4. The Morgan fingerprint density at radius 3 is 2.80 bits per heavy atom. The summed E-state index contributed by atoms with van der Waals surface area (Å²) in [7, 11) is 0. The van der Waals surface area contributed by atoms with Crippen LogP contribution in [0.4, 0.5) is 0 Å². The van der Waals surface area contributed by atoms with E-state index in [0.717, 1.165) is 29.8 Å². The van der Waals surface area contributed by atoms with Gasteiger partial charge >= 0.3 is 5.97 Å². The average Bonchev–Trinajstić information content (AvgIpc) is 2.78. The molecule has 110 valence electrons. The number of carbonyl (C=O) groups excluding carboxylic acids is 2. The van der Waals surface area contributed by atoms with Crippen molar-refractivity contribution in [1.29, 1.82) is 0 Å². The van der Waals surface area contributed by atoms with Crippen LogP contribution in [0.2, 0.25) is 0 Å². The van der Waals surface area contributed by atoms with Gasteiger partial charge < -0.3 is 9.64 Å². The number of aryl methyl sites for hydroxylation is 2. The predicted molar refractivity (Wildman–Crippen MR) is 79.1 cm³/mol. The van der Waals surface area contributed by atoms with Gasteiger partial charge in [-0.3, -0.25) is 9.59 Å². The Bertz CT molecular complexity index is 490. The quantitative estimate of drug-likeness (QED) is 0.806. The van der Waals surface area contributed by atoms with E-state index in [1.807, 2.05) is 19.9 Å². The summed E-state index contributed by atoms with van der Waals surface area (Å²) < 4.78 is 5.06. The first kappa shape index (κ1) is 15.0. The van der Waals surface area contributed by atoms with Gasteiger partial charge in [-0.25, -0.2) is 0 Å². The first-order valence-electron chi connectivity index (χ1n) is 7.05. The van der Waals surface area contributed by atoms with Gasteiger partial charge in [-0.2, -0.15) is 0 Å². The molecular weight excluding hydrogens is 274 g/mol. The number of carbonyl (C=O) groups is 2. The van der Waals surface area contributed by atoms with Crippen LogP contribution in [0.3, 0.4) is 0 Å². The van der Waals surface area contributed by atoms with Crippen molar-refractivity contribution < 1.29 is 14.3 Å². The summed E-state index contributed by atoms with van der Waals surface area (Å²) in [6, 6.07) is 1.94. The maximum Gasteiger partial charge on any atom is 0.310 e. The Balaban J connectivity index is 2.05. The zero-order valence-electron chi connectivity index (χ0n) is 12.3. The van der Waals surface area contributed by atoms with E-state index in [9.17, 15) is 9.59 Å². The number of amides is 1. The molecule has 4 nitrogen and oxygen atoms in total. The SMILES string of the molecule is CCOC(=O)[C@H]1CCCN(C(=O)c2cc(C)c(C)s2)C1. The average molecular weight is 295 g/mol. The third kappa shape index (κ3) is 3.20. The Morgan fingerprint density at radius 2 is 2.20 bits per heavy atom. The molecule has 2 heterocycles. The Hall–Kier alpha value is -1.36. The summed E-state index contributed by atoms with van der Waals surface area (Å²) >= 11 is 1.53. The van der Waals surface area contributed by atoms with Crippen LogP contribution in [0.25, 0.3) is 0 Å². The molecule has 1 aliphatic heterocycles. The number of esters is 1. The lowest BCUT2D eigenvalue weighted by molar-refractivity contribution is -0.149. The van der Waals surface area contributed by atoms with E-state index in [2.05, 4.69) is 0 Å². The van der Waals surface area contributed by atoms with E-state index < -0.39 is 0 Å². The van der Waals surface area contributed by atoms with Crippen molar-refractivity contribution in [2.75, 3.05) is 19.7 Å². The van der Waals surface area contributed by atoms with Crippen LogP contribution >= 0.6 is 11.3 Å². The fourth-order valence-electron chi connectivity index (χ4n) is 2.45. The van der Waals surface area contributed by atoms with Gasteiger partial charge in [0.1, 0.15) is 0 Å². The van der Waals surface area contributed by atoms with Crippen LogP contribution in [0.1, 0.15) is 39.9 Å². The molecule has 1 fully saturated rings. The molecule has 1 atom stereocenters.